The van der Waals surface area contributed by atoms with Crippen molar-refractivity contribution in [2.75, 3.05) is 0 Å². The molecule has 20 heavy (non-hydrogen) atoms. The Kier molecular flexibility index (Phi) is 4.52. The monoisotopic (exact) mass is 382 g/mol. The van der Waals surface area contributed by atoms with Crippen LogP contribution >= 0.6 is 15.9 Å². The first-order valence-corrected chi connectivity index (χ1v) is 6.57. The number of ether oxygens (including phenoxy) is 1. The largest absolute Gasteiger partial charge is 0.473 e. The van der Waals surface area contributed by atoms with Crippen molar-refractivity contribution in [2.24, 2.45) is 0 Å². The van der Waals surface area contributed by atoms with Gasteiger partial charge in [0.15, 0.2) is 5.65 Å². The summed E-state index contributed by atoms with van der Waals surface area (Å²) in [6, 6.07) is 3.55. The smallest absolute Gasteiger partial charge is 0.404 e. The van der Waals surface area contributed by atoms with Gasteiger partial charge in [0, 0.05) is 42.0 Å². The first-order valence-electron chi connectivity index (χ1n) is 5.78. The molecule has 0 spiro atoms. The molecule has 0 atom stereocenters. The molecule has 2 aromatic heterocycles. The number of rotatable bonds is 3. The van der Waals surface area contributed by atoms with Gasteiger partial charge in [0.2, 0.25) is 5.88 Å². The van der Waals surface area contributed by atoms with Crippen molar-refractivity contribution in [3.8, 4) is 5.88 Å². The zero-order valence-electron chi connectivity index (χ0n) is 10.1. The molecule has 2 heterocycles. The molecule has 0 radical (unpaired) electrons. The fraction of sp³-hybridized carbons (Fsp3) is 0.364. The van der Waals surface area contributed by atoms with Gasteiger partial charge < -0.3 is 15.2 Å². The van der Waals surface area contributed by atoms with Crippen molar-refractivity contribution in [1.82, 2.24) is 19.9 Å². The summed E-state index contributed by atoms with van der Waals surface area (Å²) in [6.07, 6.45) is 2.01. The summed E-state index contributed by atoms with van der Waals surface area (Å²) in [5, 5.41) is 15.3. The summed E-state index contributed by atoms with van der Waals surface area (Å²) < 4.78 is 8.08. The molecule has 0 aliphatic heterocycles. The van der Waals surface area contributed by atoms with Crippen molar-refractivity contribution < 1.29 is 31.7 Å². The third kappa shape index (κ3) is 3.05. The van der Waals surface area contributed by atoms with Crippen LogP contribution in [0.25, 0.3) is 5.65 Å². The van der Waals surface area contributed by atoms with E-state index in [0.29, 0.717) is 18.7 Å². The van der Waals surface area contributed by atoms with Gasteiger partial charge in [-0.2, -0.15) is 0 Å². The fourth-order valence-electron chi connectivity index (χ4n) is 2.02. The Labute approximate surface area is 133 Å². The second kappa shape index (κ2) is 5.99. The number of hydrogen-bond donors (Lipinski definition) is 2. The molecule has 0 saturated heterocycles. The van der Waals surface area contributed by atoms with Crippen molar-refractivity contribution in [3.05, 3.63) is 22.9 Å². The second-order valence-corrected chi connectivity index (χ2v) is 5.19. The van der Waals surface area contributed by atoms with Gasteiger partial charge in [0.05, 0.1) is 6.20 Å². The molecule has 7 nitrogen and oxygen atoms in total. The Balaban J connectivity index is 0.00000147. The SMILES string of the molecule is O=C(O)NC1CC(Oc2ccc3ncc(Br)n3n2)C1.[Fe]. The van der Waals surface area contributed by atoms with Crippen LogP contribution in [0.4, 0.5) is 4.79 Å². The molecule has 9 heteroatoms. The molecule has 1 amide bonds. The quantitative estimate of drug-likeness (QED) is 0.788. The molecule has 1 aliphatic carbocycles. The molecule has 1 aliphatic rings. The first kappa shape index (κ1) is 15.1. The van der Waals surface area contributed by atoms with E-state index < -0.39 is 6.09 Å². The van der Waals surface area contributed by atoms with E-state index in [-0.39, 0.29) is 29.2 Å². The van der Waals surface area contributed by atoms with E-state index in [0.717, 1.165) is 10.3 Å². The molecule has 0 bridgehead atoms. The van der Waals surface area contributed by atoms with Gasteiger partial charge in [-0.05, 0) is 22.0 Å². The van der Waals surface area contributed by atoms with Crippen molar-refractivity contribution in [3.63, 3.8) is 0 Å². The van der Waals surface area contributed by atoms with Gasteiger partial charge in [-0.3, -0.25) is 0 Å². The summed E-state index contributed by atoms with van der Waals surface area (Å²) in [4.78, 5) is 14.6. The molecular formula is C11H11BrFeN4O3. The van der Waals surface area contributed by atoms with Crippen LogP contribution in [0.5, 0.6) is 5.88 Å². The fourth-order valence-corrected chi connectivity index (χ4v) is 2.38. The van der Waals surface area contributed by atoms with Crippen LogP contribution in [-0.4, -0.2) is 37.9 Å². The Bertz CT molecular complexity index is 629. The standard InChI is InChI=1S/C11H11BrN4O3.Fe/c12-8-5-13-9-1-2-10(15-16(8)9)19-7-3-6(4-7)14-11(17)18;/h1-2,5-7,14H,3-4H2,(H,17,18);. The van der Waals surface area contributed by atoms with Gasteiger partial charge in [0.25, 0.3) is 0 Å². The van der Waals surface area contributed by atoms with Crippen LogP contribution in [-0.2, 0) is 17.1 Å². The van der Waals surface area contributed by atoms with Crippen molar-refractivity contribution in [2.45, 2.75) is 25.0 Å². The number of carbonyl (C=O) groups is 1. The van der Waals surface area contributed by atoms with Crippen molar-refractivity contribution in [1.29, 1.82) is 0 Å². The van der Waals surface area contributed by atoms with E-state index in [4.69, 9.17) is 9.84 Å². The normalized spacial score (nSPS) is 20.9. The summed E-state index contributed by atoms with van der Waals surface area (Å²) >= 11 is 3.34. The molecular weight excluding hydrogens is 372 g/mol. The Hall–Kier alpha value is -1.31. The van der Waals surface area contributed by atoms with Crippen LogP contribution in [0, 0.1) is 0 Å². The average molecular weight is 383 g/mol. The molecule has 2 aromatic rings. The number of aromatic nitrogens is 3. The summed E-state index contributed by atoms with van der Waals surface area (Å²) in [6.45, 7) is 0. The van der Waals surface area contributed by atoms with E-state index in [1.165, 1.54) is 0 Å². The average Bonchev–Trinajstić information content (AvgIpc) is 2.68. The summed E-state index contributed by atoms with van der Waals surface area (Å²) in [7, 11) is 0. The number of imidazole rings is 1. The molecule has 0 unspecified atom stereocenters. The maximum absolute atomic E-state index is 10.4. The van der Waals surface area contributed by atoms with Gasteiger partial charge in [-0.15, -0.1) is 5.10 Å². The third-order valence-corrected chi connectivity index (χ3v) is 3.55. The number of fused-ring (bicyclic) bond motifs is 1. The Morgan fingerprint density at radius 3 is 2.95 bits per heavy atom. The number of nitrogens with zero attached hydrogens (tertiary/aromatic N) is 3. The minimum atomic E-state index is -0.995. The van der Waals surface area contributed by atoms with E-state index in [2.05, 4.69) is 31.3 Å². The topological polar surface area (TPSA) is 88.8 Å². The zero-order valence-corrected chi connectivity index (χ0v) is 12.8. The number of amides is 1. The van der Waals surface area contributed by atoms with Gasteiger partial charge in [0.1, 0.15) is 10.7 Å². The van der Waals surface area contributed by atoms with E-state index in [1.54, 1.807) is 16.8 Å². The minimum Gasteiger partial charge on any atom is -0.473 e. The molecule has 1 saturated carbocycles. The van der Waals surface area contributed by atoms with E-state index in [1.807, 2.05) is 6.07 Å². The Morgan fingerprint density at radius 2 is 2.25 bits per heavy atom. The number of nitrogens with one attached hydrogen (secondary N) is 1. The number of halogens is 1. The van der Waals surface area contributed by atoms with Crippen LogP contribution in [0.3, 0.4) is 0 Å². The van der Waals surface area contributed by atoms with Crippen molar-refractivity contribution >= 4 is 27.7 Å². The number of hydrogen-bond acceptors (Lipinski definition) is 4. The number of carboxylic acid groups (broad SMARTS) is 1. The van der Waals surface area contributed by atoms with Crippen LogP contribution in [0.1, 0.15) is 12.8 Å². The zero-order chi connectivity index (χ0) is 13.4. The molecule has 2 N–H and O–H groups in total. The van der Waals surface area contributed by atoms with Crippen LogP contribution in [0.15, 0.2) is 22.9 Å². The summed E-state index contributed by atoms with van der Waals surface area (Å²) in [5.74, 6) is 0.505. The van der Waals surface area contributed by atoms with E-state index >= 15 is 0 Å². The predicted octanol–water partition coefficient (Wildman–Crippen LogP) is 1.67. The maximum atomic E-state index is 10.4. The first-order chi connectivity index (χ1) is 9.11. The molecule has 0 aromatic carbocycles. The predicted molar refractivity (Wildman–Crippen MR) is 69.3 cm³/mol. The molecule has 3 rings (SSSR count). The van der Waals surface area contributed by atoms with Gasteiger partial charge in [-0.25, -0.2) is 14.3 Å². The molecule has 1 fully saturated rings. The van der Waals surface area contributed by atoms with Gasteiger partial charge in [-0.1, -0.05) is 0 Å². The third-order valence-electron chi connectivity index (χ3n) is 3.01. The summed E-state index contributed by atoms with van der Waals surface area (Å²) in [5.41, 5.74) is 0.734. The van der Waals surface area contributed by atoms with E-state index in [9.17, 15) is 4.79 Å². The minimum absolute atomic E-state index is 0. The van der Waals surface area contributed by atoms with Crippen LogP contribution < -0.4 is 10.1 Å². The molecule has 108 valence electrons. The van der Waals surface area contributed by atoms with Crippen LogP contribution in [0.2, 0.25) is 0 Å². The Morgan fingerprint density at radius 1 is 1.50 bits per heavy atom. The maximum Gasteiger partial charge on any atom is 0.404 e. The van der Waals surface area contributed by atoms with Gasteiger partial charge >= 0.3 is 6.09 Å². The second-order valence-electron chi connectivity index (χ2n) is 4.38.